The molecular formula is C44H44. The SMILES string of the molecule is C=Cc1c(C=C)c(-c2ccc(-c3ccccc3)cc2)c2cc(C(C)(C)C)ccc2c1-c1ccc2ccccc2c1.CCCC. The Morgan fingerprint density at radius 1 is 0.500 bits per heavy atom. The molecule has 0 spiro atoms. The van der Waals surface area contributed by atoms with Gasteiger partial charge in [-0.05, 0) is 89.2 Å². The molecule has 0 amide bonds. The van der Waals surface area contributed by atoms with E-state index in [9.17, 15) is 0 Å². The van der Waals surface area contributed by atoms with E-state index in [-0.39, 0.29) is 5.41 Å². The smallest absolute Gasteiger partial charge is 0.00264 e. The minimum absolute atomic E-state index is 0.0250. The van der Waals surface area contributed by atoms with Crippen LogP contribution in [0.15, 0.2) is 128 Å². The maximum Gasteiger partial charge on any atom is -0.00264 e. The quantitative estimate of drug-likeness (QED) is 0.186. The average Bonchev–Trinajstić information content (AvgIpc) is 3.06. The van der Waals surface area contributed by atoms with E-state index in [4.69, 9.17) is 0 Å². The molecule has 0 heterocycles. The zero-order valence-electron chi connectivity index (χ0n) is 27.0. The Hall–Kier alpha value is -4.68. The molecule has 6 rings (SSSR count). The summed E-state index contributed by atoms with van der Waals surface area (Å²) in [6.45, 7) is 19.8. The molecule has 6 aromatic rings. The Morgan fingerprint density at radius 2 is 1.02 bits per heavy atom. The monoisotopic (exact) mass is 572 g/mol. The predicted molar refractivity (Wildman–Crippen MR) is 197 cm³/mol. The van der Waals surface area contributed by atoms with Crippen molar-refractivity contribution in [2.75, 3.05) is 0 Å². The lowest BCUT2D eigenvalue weighted by molar-refractivity contribution is 0.591. The molecule has 220 valence electrons. The van der Waals surface area contributed by atoms with Gasteiger partial charge in [-0.25, -0.2) is 0 Å². The summed E-state index contributed by atoms with van der Waals surface area (Å²) in [6, 6.07) is 41.8. The normalized spacial score (nSPS) is 11.2. The van der Waals surface area contributed by atoms with Crippen LogP contribution in [0.25, 0.3) is 67.1 Å². The summed E-state index contributed by atoms with van der Waals surface area (Å²) in [7, 11) is 0. The van der Waals surface area contributed by atoms with Crippen molar-refractivity contribution in [3.63, 3.8) is 0 Å². The van der Waals surface area contributed by atoms with Crippen LogP contribution in [0.3, 0.4) is 0 Å². The van der Waals surface area contributed by atoms with Crippen molar-refractivity contribution in [2.24, 2.45) is 0 Å². The Balaban J connectivity index is 0.000000906. The van der Waals surface area contributed by atoms with Crippen molar-refractivity contribution in [2.45, 2.75) is 52.9 Å². The third-order valence-corrected chi connectivity index (χ3v) is 8.48. The van der Waals surface area contributed by atoms with Gasteiger partial charge in [0.05, 0.1) is 0 Å². The number of hydrogen-bond acceptors (Lipinski definition) is 0. The standard InChI is InChI=1S/C40H34.C4H10/c1-6-34-35(7-2)39(32-22-19-28-15-11-12-16-31(28)25-32)36-24-23-33(40(3,4)5)26-37(36)38(34)30-20-17-29(18-21-30)27-13-9-8-10-14-27;1-3-4-2/h6-26H,1-2H2,3-5H3;3-4H2,1-2H3. The Kier molecular flexibility index (Phi) is 9.31. The second-order valence-corrected chi connectivity index (χ2v) is 12.5. The lowest BCUT2D eigenvalue weighted by atomic mass is 9.79. The summed E-state index contributed by atoms with van der Waals surface area (Å²) in [5.41, 5.74) is 10.8. The van der Waals surface area contributed by atoms with Crippen LogP contribution in [-0.4, -0.2) is 0 Å². The van der Waals surface area contributed by atoms with Crippen LogP contribution in [-0.2, 0) is 5.41 Å². The largest absolute Gasteiger partial charge is 0.0984 e. The van der Waals surface area contributed by atoms with E-state index >= 15 is 0 Å². The highest BCUT2D eigenvalue weighted by atomic mass is 14.3. The summed E-state index contributed by atoms with van der Waals surface area (Å²) in [5.74, 6) is 0. The highest BCUT2D eigenvalue weighted by molar-refractivity contribution is 6.12. The number of rotatable bonds is 6. The molecule has 0 aliphatic heterocycles. The molecule has 0 nitrogen and oxygen atoms in total. The molecule has 0 aliphatic carbocycles. The van der Waals surface area contributed by atoms with Crippen LogP contribution >= 0.6 is 0 Å². The minimum Gasteiger partial charge on any atom is -0.0984 e. The van der Waals surface area contributed by atoms with Crippen molar-refractivity contribution in [3.05, 3.63) is 145 Å². The number of unbranched alkanes of at least 4 members (excludes halogenated alkanes) is 1. The third-order valence-electron chi connectivity index (χ3n) is 8.48. The summed E-state index contributed by atoms with van der Waals surface area (Å²) in [4.78, 5) is 0. The number of hydrogen-bond donors (Lipinski definition) is 0. The average molecular weight is 573 g/mol. The molecule has 0 heteroatoms. The number of benzene rings is 6. The first-order chi connectivity index (χ1) is 21.3. The zero-order valence-corrected chi connectivity index (χ0v) is 27.0. The van der Waals surface area contributed by atoms with Crippen LogP contribution in [0.1, 0.15) is 64.2 Å². The summed E-state index contributed by atoms with van der Waals surface area (Å²) < 4.78 is 0. The van der Waals surface area contributed by atoms with Gasteiger partial charge in [0.25, 0.3) is 0 Å². The van der Waals surface area contributed by atoms with Crippen LogP contribution in [0.2, 0.25) is 0 Å². The second-order valence-electron chi connectivity index (χ2n) is 12.5. The maximum atomic E-state index is 4.31. The van der Waals surface area contributed by atoms with Crippen LogP contribution in [0.4, 0.5) is 0 Å². The fraction of sp³-hybridized carbons (Fsp3) is 0.182. The van der Waals surface area contributed by atoms with E-state index in [0.29, 0.717) is 0 Å². The second kappa shape index (κ2) is 13.3. The maximum absolute atomic E-state index is 4.31. The molecule has 0 aromatic heterocycles. The first-order valence-corrected chi connectivity index (χ1v) is 15.8. The highest BCUT2D eigenvalue weighted by Crippen LogP contribution is 2.45. The molecule has 0 bridgehead atoms. The Bertz CT molecular complexity index is 1910. The molecule has 0 N–H and O–H groups in total. The van der Waals surface area contributed by atoms with Crippen LogP contribution in [0.5, 0.6) is 0 Å². The topological polar surface area (TPSA) is 0 Å². The van der Waals surface area contributed by atoms with Gasteiger partial charge in [0.15, 0.2) is 0 Å². The third kappa shape index (κ3) is 6.17. The molecule has 0 aliphatic rings. The first-order valence-electron chi connectivity index (χ1n) is 15.8. The molecule has 0 saturated heterocycles. The van der Waals surface area contributed by atoms with Crippen molar-refractivity contribution >= 4 is 33.7 Å². The summed E-state index contributed by atoms with van der Waals surface area (Å²) in [6.07, 6.45) is 6.64. The fourth-order valence-corrected chi connectivity index (χ4v) is 5.85. The van der Waals surface area contributed by atoms with Gasteiger partial charge >= 0.3 is 0 Å². The first kappa shape index (κ1) is 30.8. The van der Waals surface area contributed by atoms with Crippen LogP contribution in [0, 0.1) is 0 Å². The predicted octanol–water partition coefficient (Wildman–Crippen LogP) is 13.4. The van der Waals surface area contributed by atoms with E-state index in [1.165, 1.54) is 73.3 Å². The summed E-state index contributed by atoms with van der Waals surface area (Å²) >= 11 is 0. The van der Waals surface area contributed by atoms with Gasteiger partial charge in [0, 0.05) is 0 Å². The number of fused-ring (bicyclic) bond motifs is 2. The van der Waals surface area contributed by atoms with Crippen molar-refractivity contribution in [3.8, 4) is 33.4 Å². The van der Waals surface area contributed by atoms with Gasteiger partial charge in [-0.15, -0.1) is 0 Å². The molecule has 0 atom stereocenters. The zero-order chi connectivity index (χ0) is 31.3. The lowest BCUT2D eigenvalue weighted by Gasteiger charge is -2.24. The van der Waals surface area contributed by atoms with Gasteiger partial charge in [0.2, 0.25) is 0 Å². The Morgan fingerprint density at radius 3 is 1.61 bits per heavy atom. The molecule has 0 radical (unpaired) electrons. The molecule has 0 fully saturated rings. The molecule has 0 saturated carbocycles. The lowest BCUT2D eigenvalue weighted by Crippen LogP contribution is -2.11. The van der Waals surface area contributed by atoms with E-state index < -0.39 is 0 Å². The van der Waals surface area contributed by atoms with Gasteiger partial charge in [-0.3, -0.25) is 0 Å². The van der Waals surface area contributed by atoms with E-state index in [1.54, 1.807) is 0 Å². The van der Waals surface area contributed by atoms with E-state index in [0.717, 1.165) is 11.1 Å². The van der Waals surface area contributed by atoms with Gasteiger partial charge in [-0.2, -0.15) is 0 Å². The van der Waals surface area contributed by atoms with E-state index in [2.05, 4.69) is 163 Å². The molecule has 44 heavy (non-hydrogen) atoms. The minimum atomic E-state index is 0.0250. The van der Waals surface area contributed by atoms with Gasteiger partial charge in [-0.1, -0.05) is 176 Å². The van der Waals surface area contributed by atoms with Crippen molar-refractivity contribution in [1.29, 1.82) is 0 Å². The fourth-order valence-electron chi connectivity index (χ4n) is 5.85. The van der Waals surface area contributed by atoms with Crippen molar-refractivity contribution < 1.29 is 0 Å². The van der Waals surface area contributed by atoms with E-state index in [1.807, 2.05) is 12.2 Å². The molecule has 6 aromatic carbocycles. The van der Waals surface area contributed by atoms with Crippen LogP contribution < -0.4 is 0 Å². The highest BCUT2D eigenvalue weighted by Gasteiger charge is 2.22. The molecular weight excluding hydrogens is 528 g/mol. The van der Waals surface area contributed by atoms with Crippen molar-refractivity contribution in [1.82, 2.24) is 0 Å². The van der Waals surface area contributed by atoms with Gasteiger partial charge < -0.3 is 0 Å². The summed E-state index contributed by atoms with van der Waals surface area (Å²) in [5, 5.41) is 4.94. The molecule has 0 unspecified atom stereocenters. The van der Waals surface area contributed by atoms with Gasteiger partial charge in [0.1, 0.15) is 0 Å². The Labute approximate surface area is 264 Å².